The number of benzene rings is 1. The highest BCUT2D eigenvalue weighted by Gasteiger charge is 2.13. The number of nitrogens with one attached hydrogen (secondary N) is 3. The van der Waals surface area contributed by atoms with Crippen LogP contribution in [0.25, 0.3) is 0 Å². The summed E-state index contributed by atoms with van der Waals surface area (Å²) in [5.74, 6) is 1.12. The predicted octanol–water partition coefficient (Wildman–Crippen LogP) is 2.45. The molecular weight excluding hydrogens is 256 g/mol. The van der Waals surface area contributed by atoms with Gasteiger partial charge in [0.2, 0.25) is 6.41 Å². The molecule has 5 N–H and O–H groups in total. The molecule has 0 aliphatic heterocycles. The standard InChI is InChI=1S/C8H10N4O2.C6H12/c9-8(14)11-6-3-1-2-4-7(6)12-10-5-13;1-2-6-4-3-5-6/h1-5,12H,(H,10,13)(H3,9,11,14);6H,2-5H2,1H3. The first-order valence-corrected chi connectivity index (χ1v) is 6.78. The third kappa shape index (κ3) is 5.60. The lowest BCUT2D eigenvalue weighted by Crippen LogP contribution is -2.23. The Balaban J connectivity index is 0.000000276. The van der Waals surface area contributed by atoms with E-state index >= 15 is 0 Å². The molecule has 1 aliphatic carbocycles. The molecule has 110 valence electrons. The average molecular weight is 278 g/mol. The van der Waals surface area contributed by atoms with Gasteiger partial charge in [0, 0.05) is 0 Å². The fourth-order valence-corrected chi connectivity index (χ4v) is 1.84. The molecule has 2 rings (SSSR count). The van der Waals surface area contributed by atoms with Gasteiger partial charge in [-0.1, -0.05) is 44.7 Å². The summed E-state index contributed by atoms with van der Waals surface area (Å²) >= 11 is 0. The minimum Gasteiger partial charge on any atom is -0.351 e. The smallest absolute Gasteiger partial charge is 0.316 e. The Bertz CT molecular complexity index is 430. The molecule has 0 saturated heterocycles. The van der Waals surface area contributed by atoms with Crippen molar-refractivity contribution in [2.45, 2.75) is 32.6 Å². The van der Waals surface area contributed by atoms with Crippen molar-refractivity contribution in [2.24, 2.45) is 11.7 Å². The molecule has 0 atom stereocenters. The van der Waals surface area contributed by atoms with Gasteiger partial charge in [0.15, 0.2) is 0 Å². The summed E-state index contributed by atoms with van der Waals surface area (Å²) in [4.78, 5) is 20.6. The van der Waals surface area contributed by atoms with E-state index in [0.717, 1.165) is 5.92 Å². The minimum absolute atomic E-state index is 0.487. The lowest BCUT2D eigenvalue weighted by atomic mass is 9.84. The van der Waals surface area contributed by atoms with Crippen LogP contribution in [0.1, 0.15) is 32.6 Å². The van der Waals surface area contributed by atoms with E-state index in [1.54, 1.807) is 24.3 Å². The lowest BCUT2D eigenvalue weighted by Gasteiger charge is -2.22. The molecule has 0 aromatic heterocycles. The van der Waals surface area contributed by atoms with Gasteiger partial charge < -0.3 is 11.1 Å². The third-order valence-electron chi connectivity index (χ3n) is 3.25. The number of anilines is 2. The summed E-state index contributed by atoms with van der Waals surface area (Å²) in [5, 5.41) is 2.40. The van der Waals surface area contributed by atoms with Gasteiger partial charge in [-0.3, -0.25) is 15.6 Å². The number of hydrogen-bond donors (Lipinski definition) is 4. The number of amides is 3. The van der Waals surface area contributed by atoms with Gasteiger partial charge in [0.05, 0.1) is 11.4 Å². The van der Waals surface area contributed by atoms with Gasteiger partial charge in [-0.25, -0.2) is 4.79 Å². The van der Waals surface area contributed by atoms with Crippen LogP contribution in [0, 0.1) is 5.92 Å². The Hall–Kier alpha value is -2.24. The van der Waals surface area contributed by atoms with Crippen LogP contribution < -0.4 is 21.9 Å². The molecule has 3 amide bonds. The van der Waals surface area contributed by atoms with Crippen LogP contribution in [-0.4, -0.2) is 12.4 Å². The number of para-hydroxylation sites is 2. The molecule has 0 spiro atoms. The van der Waals surface area contributed by atoms with Crippen molar-refractivity contribution in [2.75, 3.05) is 10.7 Å². The van der Waals surface area contributed by atoms with E-state index in [1.165, 1.54) is 25.7 Å². The number of nitrogens with two attached hydrogens (primary N) is 1. The van der Waals surface area contributed by atoms with Crippen LogP contribution in [0.3, 0.4) is 0 Å². The molecular formula is C14H22N4O2. The number of carbonyl (C=O) groups excluding carboxylic acids is 2. The number of hydrazine groups is 1. The molecule has 20 heavy (non-hydrogen) atoms. The first-order valence-electron chi connectivity index (χ1n) is 6.78. The fourth-order valence-electron chi connectivity index (χ4n) is 1.84. The Morgan fingerprint density at radius 1 is 1.35 bits per heavy atom. The van der Waals surface area contributed by atoms with E-state index < -0.39 is 6.03 Å². The van der Waals surface area contributed by atoms with E-state index in [0.29, 0.717) is 17.8 Å². The zero-order valence-corrected chi connectivity index (χ0v) is 11.7. The molecule has 0 bridgehead atoms. The summed E-state index contributed by atoms with van der Waals surface area (Å²) in [6, 6.07) is 6.16. The van der Waals surface area contributed by atoms with Gasteiger partial charge in [-0.2, -0.15) is 0 Å². The van der Waals surface area contributed by atoms with Gasteiger partial charge in [-0.15, -0.1) is 0 Å². The van der Waals surface area contributed by atoms with E-state index in [2.05, 4.69) is 23.1 Å². The summed E-state index contributed by atoms with van der Waals surface area (Å²) < 4.78 is 0. The van der Waals surface area contributed by atoms with Crippen LogP contribution in [0.5, 0.6) is 0 Å². The number of carbonyl (C=O) groups is 2. The van der Waals surface area contributed by atoms with Gasteiger partial charge in [0.25, 0.3) is 0 Å². The highest BCUT2D eigenvalue weighted by molar-refractivity contribution is 5.91. The van der Waals surface area contributed by atoms with Crippen molar-refractivity contribution in [3.05, 3.63) is 24.3 Å². The van der Waals surface area contributed by atoms with Crippen LogP contribution in [0.2, 0.25) is 0 Å². The van der Waals surface area contributed by atoms with Gasteiger partial charge >= 0.3 is 6.03 Å². The Labute approximate surface area is 119 Å². The van der Waals surface area contributed by atoms with E-state index in [-0.39, 0.29) is 0 Å². The SMILES string of the molecule is CCC1CCC1.NC(=O)Nc1ccccc1NNC=O. The highest BCUT2D eigenvalue weighted by atomic mass is 16.2. The zero-order valence-electron chi connectivity index (χ0n) is 11.7. The summed E-state index contributed by atoms with van der Waals surface area (Å²) in [6.45, 7) is 2.28. The van der Waals surface area contributed by atoms with Crippen molar-refractivity contribution in [1.82, 2.24) is 5.43 Å². The Morgan fingerprint density at radius 2 is 2.00 bits per heavy atom. The molecule has 6 nitrogen and oxygen atoms in total. The largest absolute Gasteiger partial charge is 0.351 e. The van der Waals surface area contributed by atoms with E-state index in [1.807, 2.05) is 0 Å². The normalized spacial score (nSPS) is 13.2. The highest BCUT2D eigenvalue weighted by Crippen LogP contribution is 2.28. The average Bonchev–Trinajstić information content (AvgIpc) is 2.36. The summed E-state index contributed by atoms with van der Waals surface area (Å²) in [7, 11) is 0. The Kier molecular flexibility index (Phi) is 6.95. The number of primary amides is 1. The molecule has 0 heterocycles. The first kappa shape index (κ1) is 15.8. The molecule has 1 fully saturated rings. The monoisotopic (exact) mass is 278 g/mol. The number of rotatable bonds is 5. The van der Waals surface area contributed by atoms with Crippen molar-refractivity contribution in [1.29, 1.82) is 0 Å². The molecule has 0 unspecified atom stereocenters. The topological polar surface area (TPSA) is 96.2 Å². The van der Waals surface area contributed by atoms with Crippen molar-refractivity contribution in [3.8, 4) is 0 Å². The molecule has 1 aromatic rings. The van der Waals surface area contributed by atoms with Crippen molar-refractivity contribution < 1.29 is 9.59 Å². The lowest BCUT2D eigenvalue weighted by molar-refractivity contribution is -0.109. The second kappa shape index (κ2) is 8.79. The quantitative estimate of drug-likeness (QED) is 0.492. The Morgan fingerprint density at radius 3 is 2.40 bits per heavy atom. The molecule has 0 radical (unpaired) electrons. The number of hydrogen-bond acceptors (Lipinski definition) is 3. The maximum atomic E-state index is 10.6. The minimum atomic E-state index is -0.662. The molecule has 6 heteroatoms. The molecule has 1 saturated carbocycles. The zero-order chi connectivity index (χ0) is 14.8. The maximum Gasteiger partial charge on any atom is 0.316 e. The first-order chi connectivity index (χ1) is 9.67. The molecule has 1 aliphatic rings. The summed E-state index contributed by atoms with van der Waals surface area (Å²) in [6.07, 6.45) is 6.42. The van der Waals surface area contributed by atoms with Crippen LogP contribution in [0.4, 0.5) is 16.2 Å². The van der Waals surface area contributed by atoms with Crippen LogP contribution in [0.15, 0.2) is 24.3 Å². The van der Waals surface area contributed by atoms with Crippen molar-refractivity contribution >= 4 is 23.8 Å². The fraction of sp³-hybridized carbons (Fsp3) is 0.429. The second-order valence-electron chi connectivity index (χ2n) is 4.63. The van der Waals surface area contributed by atoms with Gasteiger partial charge in [0.1, 0.15) is 0 Å². The third-order valence-corrected chi connectivity index (χ3v) is 3.25. The van der Waals surface area contributed by atoms with Gasteiger partial charge in [-0.05, 0) is 18.1 Å². The number of urea groups is 1. The van der Waals surface area contributed by atoms with E-state index in [9.17, 15) is 9.59 Å². The maximum absolute atomic E-state index is 10.6. The van der Waals surface area contributed by atoms with E-state index in [4.69, 9.17) is 5.73 Å². The van der Waals surface area contributed by atoms with Crippen LogP contribution in [-0.2, 0) is 4.79 Å². The summed E-state index contributed by atoms with van der Waals surface area (Å²) in [5.41, 5.74) is 10.8. The predicted molar refractivity (Wildman–Crippen MR) is 80.1 cm³/mol. The van der Waals surface area contributed by atoms with Crippen molar-refractivity contribution in [3.63, 3.8) is 0 Å². The molecule has 1 aromatic carbocycles. The second-order valence-corrected chi connectivity index (χ2v) is 4.63. The van der Waals surface area contributed by atoms with Crippen LogP contribution >= 0.6 is 0 Å².